The van der Waals surface area contributed by atoms with Crippen LogP contribution in [0.25, 0.3) is 22.4 Å². The van der Waals surface area contributed by atoms with Gasteiger partial charge in [0.2, 0.25) is 0 Å². The summed E-state index contributed by atoms with van der Waals surface area (Å²) < 4.78 is 8.01. The second kappa shape index (κ2) is 5.42. The van der Waals surface area contributed by atoms with Gasteiger partial charge in [0.1, 0.15) is 11.4 Å². The molecule has 0 aromatic heterocycles. The summed E-state index contributed by atoms with van der Waals surface area (Å²) in [5.74, 6) is 0.698. The molecule has 0 saturated carbocycles. The fourth-order valence-electron chi connectivity index (χ4n) is 2.88. The Hall–Kier alpha value is -3.28. The van der Waals surface area contributed by atoms with Crippen molar-refractivity contribution in [2.24, 2.45) is 0 Å². The van der Waals surface area contributed by atoms with E-state index >= 15 is 0 Å². The van der Waals surface area contributed by atoms with Crippen LogP contribution < -0.4 is 16.0 Å². The lowest BCUT2D eigenvalue weighted by Gasteiger charge is -2.05. The highest BCUT2D eigenvalue weighted by Gasteiger charge is 2.20. The number of fused-ring (bicyclic) bond motifs is 3. The Bertz CT molecular complexity index is 1100. The number of hydrogen-bond acceptors (Lipinski definition) is 3. The lowest BCUT2D eigenvalue weighted by atomic mass is 10.3. The van der Waals surface area contributed by atoms with Crippen molar-refractivity contribution in [1.82, 2.24) is 14.1 Å². The van der Waals surface area contributed by atoms with Crippen molar-refractivity contribution in [3.63, 3.8) is 0 Å². The van der Waals surface area contributed by atoms with Crippen molar-refractivity contribution in [2.45, 2.75) is 6.92 Å². The molecule has 0 fully saturated rings. The van der Waals surface area contributed by atoms with Gasteiger partial charge >= 0.3 is 5.69 Å². The molecule has 6 nitrogen and oxygen atoms in total. The zero-order valence-electron chi connectivity index (χ0n) is 13.0. The topological polar surface area (TPSA) is 69.0 Å². The van der Waals surface area contributed by atoms with Gasteiger partial charge in [0.15, 0.2) is 0 Å². The maximum atomic E-state index is 12.9. The third-order valence-electron chi connectivity index (χ3n) is 3.96. The maximum absolute atomic E-state index is 12.9. The molecule has 0 atom stereocenters. The number of aromatic amines is 1. The first-order valence-electron chi connectivity index (χ1n) is 7.68. The van der Waals surface area contributed by atoms with Crippen LogP contribution in [-0.4, -0.2) is 20.7 Å². The van der Waals surface area contributed by atoms with Crippen molar-refractivity contribution >= 4 is 11.0 Å². The molecule has 6 heteroatoms. The molecule has 1 N–H and O–H groups in total. The Kier molecular flexibility index (Phi) is 3.23. The zero-order valence-corrected chi connectivity index (χ0v) is 13.0. The minimum absolute atomic E-state index is 0.313. The van der Waals surface area contributed by atoms with E-state index in [4.69, 9.17) is 4.74 Å². The van der Waals surface area contributed by atoms with E-state index in [9.17, 15) is 9.59 Å². The highest BCUT2D eigenvalue weighted by Crippen LogP contribution is 2.17. The zero-order chi connectivity index (χ0) is 16.7. The molecule has 2 heterocycles. The van der Waals surface area contributed by atoms with Gasteiger partial charge in [-0.05, 0) is 43.3 Å². The van der Waals surface area contributed by atoms with E-state index in [1.165, 1.54) is 9.13 Å². The normalized spacial score (nSPS) is 11.2. The fraction of sp³-hybridized carbons (Fsp3) is 0.111. The Balaban J connectivity index is 1.99. The first-order chi connectivity index (χ1) is 11.7. The van der Waals surface area contributed by atoms with Crippen LogP contribution in [0.1, 0.15) is 6.92 Å². The Morgan fingerprint density at radius 2 is 1.75 bits per heavy atom. The largest absolute Gasteiger partial charge is 0.494 e. The molecule has 120 valence electrons. The van der Waals surface area contributed by atoms with E-state index in [1.807, 2.05) is 31.2 Å². The second-order valence-electron chi connectivity index (χ2n) is 5.38. The number of H-pyrrole nitrogens is 1. The third kappa shape index (κ3) is 2.04. The molecule has 0 saturated heterocycles. The fourth-order valence-corrected chi connectivity index (χ4v) is 2.88. The molecule has 0 aliphatic carbocycles. The summed E-state index contributed by atoms with van der Waals surface area (Å²) in [7, 11) is 0. The molecular weight excluding hydrogens is 306 g/mol. The highest BCUT2D eigenvalue weighted by molar-refractivity contribution is 5.77. The molecule has 2 aliphatic heterocycles. The van der Waals surface area contributed by atoms with E-state index in [1.54, 1.807) is 30.5 Å². The number of nitrogens with one attached hydrogen (secondary N) is 1. The molecule has 4 rings (SSSR count). The Morgan fingerprint density at radius 3 is 2.50 bits per heavy atom. The number of imidazole rings is 1. The predicted molar refractivity (Wildman–Crippen MR) is 91.8 cm³/mol. The summed E-state index contributed by atoms with van der Waals surface area (Å²) in [6, 6.07) is 14.3. The van der Waals surface area contributed by atoms with E-state index < -0.39 is 0 Å². The maximum Gasteiger partial charge on any atom is 0.341 e. The van der Waals surface area contributed by atoms with Gasteiger partial charge in [-0.25, -0.2) is 9.36 Å². The molecule has 0 amide bonds. The van der Waals surface area contributed by atoms with Gasteiger partial charge in [-0.3, -0.25) is 9.36 Å². The number of rotatable bonds is 3. The van der Waals surface area contributed by atoms with Crippen LogP contribution in [0.15, 0.2) is 64.3 Å². The number of hydrogen-bond donors (Lipinski definition) is 1. The van der Waals surface area contributed by atoms with Crippen LogP contribution >= 0.6 is 0 Å². The van der Waals surface area contributed by atoms with Crippen molar-refractivity contribution in [3.8, 4) is 17.1 Å². The summed E-state index contributed by atoms with van der Waals surface area (Å²) in [4.78, 5) is 28.6. The van der Waals surface area contributed by atoms with Gasteiger partial charge in [0, 0.05) is 6.20 Å². The van der Waals surface area contributed by atoms with Crippen LogP contribution in [0, 0.1) is 0 Å². The summed E-state index contributed by atoms with van der Waals surface area (Å²) in [5, 5.41) is 0. The van der Waals surface area contributed by atoms with Crippen LogP contribution in [-0.2, 0) is 0 Å². The molecule has 0 unspecified atom stereocenters. The first kappa shape index (κ1) is 14.3. The minimum atomic E-state index is -0.385. The van der Waals surface area contributed by atoms with Crippen molar-refractivity contribution in [2.75, 3.05) is 6.61 Å². The standard InChI is InChI=1S/C18H15N3O3/c1-2-24-13-9-7-12(8-10-13)20-17(22)16-11-19-14-5-3-4-6-15(14)21(16)18(20)23/h3-11,19H,2H2,1H3. The molecule has 0 spiro atoms. The average molecular weight is 321 g/mol. The van der Waals surface area contributed by atoms with Crippen LogP contribution in [0.3, 0.4) is 0 Å². The lowest BCUT2D eigenvalue weighted by Crippen LogP contribution is -2.25. The van der Waals surface area contributed by atoms with E-state index in [2.05, 4.69) is 4.98 Å². The number of nitrogens with zero attached hydrogens (tertiary/aromatic N) is 2. The molecule has 2 aliphatic rings. The summed E-state index contributed by atoms with van der Waals surface area (Å²) in [6.07, 6.45) is 1.57. The van der Waals surface area contributed by atoms with Crippen LogP contribution in [0.2, 0.25) is 0 Å². The molecule has 0 bridgehead atoms. The second-order valence-corrected chi connectivity index (χ2v) is 5.38. The third-order valence-corrected chi connectivity index (χ3v) is 3.96. The first-order valence-corrected chi connectivity index (χ1v) is 7.68. The van der Waals surface area contributed by atoms with E-state index in [-0.39, 0.29) is 11.2 Å². The lowest BCUT2D eigenvalue weighted by molar-refractivity contribution is 0.340. The van der Waals surface area contributed by atoms with Gasteiger partial charge in [-0.1, -0.05) is 12.1 Å². The van der Waals surface area contributed by atoms with Crippen molar-refractivity contribution in [1.29, 1.82) is 0 Å². The smallest absolute Gasteiger partial charge is 0.341 e. The summed E-state index contributed by atoms with van der Waals surface area (Å²) in [5.41, 5.74) is 1.54. The number of ether oxygens (including phenoxy) is 1. The van der Waals surface area contributed by atoms with Gasteiger partial charge in [-0.2, -0.15) is 0 Å². The van der Waals surface area contributed by atoms with Gasteiger partial charge < -0.3 is 9.72 Å². The quantitative estimate of drug-likeness (QED) is 0.629. The molecule has 0 radical (unpaired) electrons. The summed E-state index contributed by atoms with van der Waals surface area (Å²) in [6.45, 7) is 2.46. The van der Waals surface area contributed by atoms with E-state index in [0.29, 0.717) is 29.2 Å². The predicted octanol–water partition coefficient (Wildman–Crippen LogP) is 2.31. The van der Waals surface area contributed by atoms with Crippen LogP contribution in [0.4, 0.5) is 0 Å². The van der Waals surface area contributed by atoms with Gasteiger partial charge in [0.05, 0.1) is 23.3 Å². The van der Waals surface area contributed by atoms with Gasteiger partial charge in [-0.15, -0.1) is 0 Å². The minimum Gasteiger partial charge on any atom is -0.494 e. The highest BCUT2D eigenvalue weighted by atomic mass is 16.5. The molecular formula is C18H15N3O3. The summed E-state index contributed by atoms with van der Waals surface area (Å²) >= 11 is 0. The van der Waals surface area contributed by atoms with Crippen molar-refractivity contribution < 1.29 is 4.74 Å². The Morgan fingerprint density at radius 1 is 1.00 bits per heavy atom. The number of para-hydroxylation sites is 2. The Labute approximate surface area is 136 Å². The average Bonchev–Trinajstić information content (AvgIpc) is 2.87. The van der Waals surface area contributed by atoms with Gasteiger partial charge in [0.25, 0.3) is 5.56 Å². The van der Waals surface area contributed by atoms with Crippen molar-refractivity contribution in [3.05, 3.63) is 75.6 Å². The number of benzene rings is 2. The monoisotopic (exact) mass is 321 g/mol. The SMILES string of the molecule is CCOc1ccc(-n2c(=O)c3c[nH]c4ccccc4n-3c2=O)cc1. The molecule has 24 heavy (non-hydrogen) atoms. The van der Waals surface area contributed by atoms with E-state index in [0.717, 1.165) is 5.52 Å². The van der Waals surface area contributed by atoms with Crippen LogP contribution in [0.5, 0.6) is 5.75 Å². The molecule has 2 aromatic rings. The molecule has 2 aromatic carbocycles. The number of aromatic nitrogens is 3.